The van der Waals surface area contributed by atoms with Crippen molar-refractivity contribution in [3.63, 3.8) is 0 Å². The zero-order valence-corrected chi connectivity index (χ0v) is 12.4. The van der Waals surface area contributed by atoms with Crippen molar-refractivity contribution < 1.29 is 8.42 Å². The Morgan fingerprint density at radius 3 is 2.58 bits per heavy atom. The van der Waals surface area contributed by atoms with Crippen LogP contribution in [0.1, 0.15) is 20.3 Å². The number of nitrogens with one attached hydrogen (secondary N) is 1. The van der Waals surface area contributed by atoms with E-state index in [9.17, 15) is 8.42 Å². The first-order valence-corrected chi connectivity index (χ1v) is 8.50. The molecule has 5 heteroatoms. The molecule has 0 amide bonds. The summed E-state index contributed by atoms with van der Waals surface area (Å²) in [5.74, 6) is 0.219. The molecule has 1 atom stereocenters. The van der Waals surface area contributed by atoms with Crippen molar-refractivity contribution in [2.75, 3.05) is 30.3 Å². The van der Waals surface area contributed by atoms with Gasteiger partial charge in [0.1, 0.15) is 0 Å². The number of rotatable bonds is 4. The summed E-state index contributed by atoms with van der Waals surface area (Å²) in [4.78, 5) is 2.74. The van der Waals surface area contributed by atoms with Gasteiger partial charge in [-0.1, -0.05) is 6.92 Å². The van der Waals surface area contributed by atoms with Crippen molar-refractivity contribution in [1.29, 1.82) is 0 Å². The summed E-state index contributed by atoms with van der Waals surface area (Å²) < 4.78 is 23.9. The van der Waals surface area contributed by atoms with E-state index in [4.69, 9.17) is 0 Å². The Balaban J connectivity index is 2.18. The van der Waals surface area contributed by atoms with Crippen LogP contribution in [0.3, 0.4) is 0 Å². The first kappa shape index (κ1) is 14.3. The highest BCUT2D eigenvalue weighted by Gasteiger charge is 2.19. The molecule has 1 saturated heterocycles. The van der Waals surface area contributed by atoms with Gasteiger partial charge in [0, 0.05) is 31.4 Å². The topological polar surface area (TPSA) is 49.4 Å². The molecular weight excluding hydrogens is 260 g/mol. The van der Waals surface area contributed by atoms with Crippen LogP contribution in [0, 0.1) is 0 Å². The summed E-state index contributed by atoms with van der Waals surface area (Å²) in [6.45, 7) is 6.96. The second kappa shape index (κ2) is 5.92. The maximum Gasteiger partial charge on any atom is 0.178 e. The minimum atomic E-state index is -3.10. The Morgan fingerprint density at radius 1 is 1.32 bits per heavy atom. The van der Waals surface area contributed by atoms with Gasteiger partial charge in [-0.3, -0.25) is 0 Å². The molecule has 1 heterocycles. The predicted molar refractivity (Wildman–Crippen MR) is 78.5 cm³/mol. The molecule has 0 radical (unpaired) electrons. The van der Waals surface area contributed by atoms with E-state index in [1.165, 1.54) is 0 Å². The van der Waals surface area contributed by atoms with E-state index in [2.05, 4.69) is 17.1 Å². The van der Waals surface area contributed by atoms with Crippen LogP contribution in [-0.2, 0) is 9.84 Å². The van der Waals surface area contributed by atoms with Gasteiger partial charge in [-0.2, -0.15) is 0 Å². The Kier molecular flexibility index (Phi) is 4.47. The number of nitrogens with zero attached hydrogens (tertiary/aromatic N) is 1. The van der Waals surface area contributed by atoms with E-state index >= 15 is 0 Å². The Hall–Kier alpha value is -1.07. The van der Waals surface area contributed by atoms with Crippen molar-refractivity contribution >= 4 is 15.5 Å². The molecule has 1 aromatic rings. The highest BCUT2D eigenvalue weighted by Crippen LogP contribution is 2.21. The van der Waals surface area contributed by atoms with Crippen molar-refractivity contribution in [3.8, 4) is 0 Å². The monoisotopic (exact) mass is 282 g/mol. The van der Waals surface area contributed by atoms with Gasteiger partial charge in [0.15, 0.2) is 9.84 Å². The smallest absolute Gasteiger partial charge is 0.178 e. The Labute approximate surface area is 115 Å². The molecule has 4 nitrogen and oxygen atoms in total. The lowest BCUT2D eigenvalue weighted by molar-refractivity contribution is 0.501. The fourth-order valence-electron chi connectivity index (χ4n) is 2.46. The van der Waals surface area contributed by atoms with E-state index < -0.39 is 9.84 Å². The Bertz CT molecular complexity index is 511. The second-order valence-corrected chi connectivity index (χ2v) is 7.17. The van der Waals surface area contributed by atoms with E-state index in [1.54, 1.807) is 12.1 Å². The molecule has 0 saturated carbocycles. The minimum absolute atomic E-state index is 0.219. The normalized spacial score (nSPS) is 20.5. The second-order valence-electron chi connectivity index (χ2n) is 5.06. The number of sulfone groups is 1. The van der Waals surface area contributed by atoms with E-state index in [-0.39, 0.29) is 5.75 Å². The SMILES string of the molecule is CCCS(=O)(=O)c1ccc(N2CCNCC2C)cc1. The first-order valence-electron chi connectivity index (χ1n) is 6.85. The molecule has 0 bridgehead atoms. The van der Waals surface area contributed by atoms with Crippen LogP contribution in [0.4, 0.5) is 5.69 Å². The third-order valence-electron chi connectivity index (χ3n) is 3.50. The van der Waals surface area contributed by atoms with Gasteiger partial charge < -0.3 is 10.2 Å². The third kappa shape index (κ3) is 3.28. The molecule has 1 aliphatic rings. The zero-order chi connectivity index (χ0) is 13.9. The van der Waals surface area contributed by atoms with E-state index in [0.29, 0.717) is 17.4 Å². The van der Waals surface area contributed by atoms with Crippen molar-refractivity contribution in [2.24, 2.45) is 0 Å². The van der Waals surface area contributed by atoms with Gasteiger partial charge in [0.25, 0.3) is 0 Å². The standard InChI is InChI=1S/C14H22N2O2S/c1-3-10-19(17,18)14-6-4-13(5-7-14)16-9-8-15-11-12(16)2/h4-7,12,15H,3,8-11H2,1-2H3. The summed E-state index contributed by atoms with van der Waals surface area (Å²) in [5, 5.41) is 3.35. The summed E-state index contributed by atoms with van der Waals surface area (Å²) in [7, 11) is -3.10. The van der Waals surface area contributed by atoms with E-state index in [1.807, 2.05) is 19.1 Å². The lowest BCUT2D eigenvalue weighted by Gasteiger charge is -2.36. The van der Waals surface area contributed by atoms with Crippen LogP contribution in [0.25, 0.3) is 0 Å². The van der Waals surface area contributed by atoms with Crippen LogP contribution in [0.5, 0.6) is 0 Å². The molecular formula is C14H22N2O2S. The molecule has 2 rings (SSSR count). The van der Waals surface area contributed by atoms with Crippen molar-refractivity contribution in [2.45, 2.75) is 31.2 Å². The lowest BCUT2D eigenvalue weighted by Crippen LogP contribution is -2.49. The van der Waals surface area contributed by atoms with Gasteiger partial charge in [-0.25, -0.2) is 8.42 Å². The number of hydrogen-bond acceptors (Lipinski definition) is 4. The molecule has 0 aliphatic carbocycles. The van der Waals surface area contributed by atoms with Crippen LogP contribution in [0.15, 0.2) is 29.2 Å². The molecule has 0 aromatic heterocycles. The maximum absolute atomic E-state index is 12.0. The van der Waals surface area contributed by atoms with Crippen LogP contribution in [-0.4, -0.2) is 39.8 Å². The molecule has 1 fully saturated rings. The van der Waals surface area contributed by atoms with Gasteiger partial charge in [0.2, 0.25) is 0 Å². The predicted octanol–water partition coefficient (Wildman–Crippen LogP) is 1.67. The largest absolute Gasteiger partial charge is 0.366 e. The van der Waals surface area contributed by atoms with Crippen LogP contribution < -0.4 is 10.2 Å². The third-order valence-corrected chi connectivity index (χ3v) is 5.44. The molecule has 0 spiro atoms. The fraction of sp³-hybridized carbons (Fsp3) is 0.571. The average molecular weight is 282 g/mol. The maximum atomic E-state index is 12.0. The van der Waals surface area contributed by atoms with Gasteiger partial charge in [0.05, 0.1) is 10.6 Å². The number of piperazine rings is 1. The number of anilines is 1. The highest BCUT2D eigenvalue weighted by atomic mass is 32.2. The quantitative estimate of drug-likeness (QED) is 0.912. The van der Waals surface area contributed by atoms with Crippen molar-refractivity contribution in [3.05, 3.63) is 24.3 Å². The van der Waals surface area contributed by atoms with Crippen LogP contribution in [0.2, 0.25) is 0 Å². The molecule has 1 aromatic carbocycles. The summed E-state index contributed by atoms with van der Waals surface area (Å²) in [5.41, 5.74) is 1.10. The highest BCUT2D eigenvalue weighted by molar-refractivity contribution is 7.91. The summed E-state index contributed by atoms with van der Waals surface area (Å²) in [6, 6.07) is 7.74. The fourth-order valence-corrected chi connectivity index (χ4v) is 3.78. The lowest BCUT2D eigenvalue weighted by atomic mass is 10.2. The molecule has 106 valence electrons. The average Bonchev–Trinajstić information content (AvgIpc) is 2.39. The van der Waals surface area contributed by atoms with E-state index in [0.717, 1.165) is 25.3 Å². The molecule has 1 unspecified atom stereocenters. The van der Waals surface area contributed by atoms with Gasteiger partial charge in [-0.05, 0) is 37.6 Å². The van der Waals surface area contributed by atoms with Crippen molar-refractivity contribution in [1.82, 2.24) is 5.32 Å². The Morgan fingerprint density at radius 2 is 2.00 bits per heavy atom. The molecule has 1 aliphatic heterocycles. The van der Waals surface area contributed by atoms with Crippen LogP contribution >= 0.6 is 0 Å². The summed E-state index contributed by atoms with van der Waals surface area (Å²) >= 11 is 0. The van der Waals surface area contributed by atoms with Gasteiger partial charge >= 0.3 is 0 Å². The number of hydrogen-bond donors (Lipinski definition) is 1. The molecule has 19 heavy (non-hydrogen) atoms. The molecule has 1 N–H and O–H groups in total. The summed E-state index contributed by atoms with van der Waals surface area (Å²) in [6.07, 6.45) is 0.652. The zero-order valence-electron chi connectivity index (χ0n) is 11.6. The minimum Gasteiger partial charge on any atom is -0.366 e. The van der Waals surface area contributed by atoms with Gasteiger partial charge in [-0.15, -0.1) is 0 Å². The number of benzene rings is 1. The first-order chi connectivity index (χ1) is 9.04.